The van der Waals surface area contributed by atoms with Crippen LogP contribution in [0.2, 0.25) is 0 Å². The van der Waals surface area contributed by atoms with Gasteiger partial charge in [0.05, 0.1) is 31.5 Å². The van der Waals surface area contributed by atoms with Crippen molar-refractivity contribution in [1.29, 1.82) is 0 Å². The maximum absolute atomic E-state index is 13.3. The molecule has 1 aromatic carbocycles. The lowest BCUT2D eigenvalue weighted by Crippen LogP contribution is -2.48. The number of carbonyl (C=O) groups is 1. The molecule has 3 rings (SSSR count). The molecule has 25 heavy (non-hydrogen) atoms. The van der Waals surface area contributed by atoms with E-state index in [4.69, 9.17) is 4.74 Å². The number of anilines is 1. The number of amides is 2. The van der Waals surface area contributed by atoms with Gasteiger partial charge >= 0.3 is 6.03 Å². The van der Waals surface area contributed by atoms with Crippen LogP contribution in [-0.2, 0) is 11.3 Å². The zero-order chi connectivity index (χ0) is 17.8. The number of carbonyl (C=O) groups excluding carboxylic acids is 1. The molecule has 7 heteroatoms. The number of halogens is 1. The van der Waals surface area contributed by atoms with Gasteiger partial charge in [0.2, 0.25) is 0 Å². The quantitative estimate of drug-likeness (QED) is 0.928. The van der Waals surface area contributed by atoms with E-state index in [1.165, 1.54) is 22.8 Å². The lowest BCUT2D eigenvalue weighted by Gasteiger charge is -2.33. The third-order valence-electron chi connectivity index (χ3n) is 4.11. The van der Waals surface area contributed by atoms with Crippen molar-refractivity contribution in [1.82, 2.24) is 9.47 Å². The summed E-state index contributed by atoms with van der Waals surface area (Å²) >= 11 is 0. The van der Waals surface area contributed by atoms with E-state index >= 15 is 0 Å². The highest BCUT2D eigenvalue weighted by Gasteiger charge is 2.23. The minimum atomic E-state index is -0.351. The summed E-state index contributed by atoms with van der Waals surface area (Å²) in [6.07, 6.45) is 1.57. The molecule has 1 saturated heterocycles. The predicted octanol–water partition coefficient (Wildman–Crippen LogP) is 2.29. The Morgan fingerprint density at radius 2 is 2.20 bits per heavy atom. The van der Waals surface area contributed by atoms with Crippen LogP contribution in [0.1, 0.15) is 12.5 Å². The van der Waals surface area contributed by atoms with Crippen molar-refractivity contribution in [2.75, 3.05) is 25.1 Å². The van der Waals surface area contributed by atoms with E-state index in [1.807, 2.05) is 6.92 Å². The fourth-order valence-electron chi connectivity index (χ4n) is 2.79. The molecule has 1 aliphatic heterocycles. The highest BCUT2D eigenvalue weighted by Crippen LogP contribution is 2.12. The third-order valence-corrected chi connectivity index (χ3v) is 4.11. The summed E-state index contributed by atoms with van der Waals surface area (Å²) in [4.78, 5) is 26.1. The zero-order valence-corrected chi connectivity index (χ0v) is 13.9. The summed E-state index contributed by atoms with van der Waals surface area (Å²) in [5, 5.41) is 2.80. The Kier molecular flexibility index (Phi) is 5.14. The molecule has 2 aromatic rings. The van der Waals surface area contributed by atoms with Crippen molar-refractivity contribution in [2.45, 2.75) is 19.5 Å². The van der Waals surface area contributed by atoms with Gasteiger partial charge in [0.1, 0.15) is 5.82 Å². The van der Waals surface area contributed by atoms with Gasteiger partial charge in [-0.2, -0.15) is 0 Å². The van der Waals surface area contributed by atoms with Gasteiger partial charge in [-0.1, -0.05) is 12.1 Å². The summed E-state index contributed by atoms with van der Waals surface area (Å²) < 4.78 is 20.1. The van der Waals surface area contributed by atoms with Crippen LogP contribution in [0.5, 0.6) is 0 Å². The number of hydrogen-bond donors (Lipinski definition) is 1. The Morgan fingerprint density at radius 3 is 2.96 bits per heavy atom. The fourth-order valence-corrected chi connectivity index (χ4v) is 2.79. The van der Waals surface area contributed by atoms with Crippen molar-refractivity contribution in [2.24, 2.45) is 0 Å². The molecule has 132 valence electrons. The first-order valence-corrected chi connectivity index (χ1v) is 8.13. The molecule has 1 unspecified atom stereocenters. The maximum atomic E-state index is 13.3. The monoisotopic (exact) mass is 345 g/mol. The summed E-state index contributed by atoms with van der Waals surface area (Å²) in [5.41, 5.74) is 0.967. The van der Waals surface area contributed by atoms with Crippen LogP contribution in [0, 0.1) is 5.82 Å². The second-order valence-corrected chi connectivity index (χ2v) is 6.06. The number of rotatable bonds is 3. The molecule has 2 amide bonds. The smallest absolute Gasteiger partial charge is 0.322 e. The largest absolute Gasteiger partial charge is 0.377 e. The number of urea groups is 1. The molecule has 0 spiro atoms. The highest BCUT2D eigenvalue weighted by atomic mass is 19.1. The van der Waals surface area contributed by atoms with Crippen molar-refractivity contribution in [3.63, 3.8) is 0 Å². The van der Waals surface area contributed by atoms with Gasteiger partial charge in [-0.15, -0.1) is 0 Å². The number of aromatic nitrogens is 1. The molecule has 0 saturated carbocycles. The summed E-state index contributed by atoms with van der Waals surface area (Å²) in [7, 11) is 0. The van der Waals surface area contributed by atoms with Crippen LogP contribution in [-0.4, -0.2) is 41.3 Å². The Hall–Kier alpha value is -2.67. The molecule has 1 fully saturated rings. The zero-order valence-electron chi connectivity index (χ0n) is 13.9. The Morgan fingerprint density at radius 1 is 1.36 bits per heavy atom. The summed E-state index contributed by atoms with van der Waals surface area (Å²) in [6, 6.07) is 8.79. The van der Waals surface area contributed by atoms with E-state index in [9.17, 15) is 14.0 Å². The highest BCUT2D eigenvalue weighted by molar-refractivity contribution is 5.89. The Labute approximate surface area is 144 Å². The normalized spacial score (nSPS) is 17.4. The van der Waals surface area contributed by atoms with E-state index in [1.54, 1.807) is 29.3 Å². The van der Waals surface area contributed by atoms with Crippen LogP contribution >= 0.6 is 0 Å². The Balaban J connectivity index is 1.75. The van der Waals surface area contributed by atoms with Crippen LogP contribution in [0.25, 0.3) is 0 Å². The molecule has 0 radical (unpaired) electrons. The minimum absolute atomic E-state index is 0.00745. The first-order chi connectivity index (χ1) is 12.0. The van der Waals surface area contributed by atoms with Crippen LogP contribution in [0.15, 0.2) is 47.4 Å². The number of pyridine rings is 1. The SMILES string of the molecule is CC1COCCN1C(=O)Nc1ccc(=O)n(Cc2cccc(F)c2)c1. The molecule has 0 aliphatic carbocycles. The molecule has 1 N–H and O–H groups in total. The minimum Gasteiger partial charge on any atom is -0.377 e. The molecule has 0 bridgehead atoms. The maximum Gasteiger partial charge on any atom is 0.322 e. The molecular weight excluding hydrogens is 325 g/mol. The average molecular weight is 345 g/mol. The number of hydrogen-bond acceptors (Lipinski definition) is 3. The van der Waals surface area contributed by atoms with Gasteiger partial charge in [-0.05, 0) is 30.7 Å². The number of benzene rings is 1. The topological polar surface area (TPSA) is 63.6 Å². The molecule has 2 heterocycles. The molecular formula is C18H20FN3O3. The molecule has 1 aromatic heterocycles. The van der Waals surface area contributed by atoms with Gasteiger partial charge in [-0.25, -0.2) is 9.18 Å². The number of morpholine rings is 1. The van der Waals surface area contributed by atoms with E-state index in [2.05, 4.69) is 5.32 Å². The van der Waals surface area contributed by atoms with E-state index < -0.39 is 0 Å². The van der Waals surface area contributed by atoms with Gasteiger partial charge in [0.15, 0.2) is 0 Å². The van der Waals surface area contributed by atoms with E-state index in [0.29, 0.717) is 31.0 Å². The Bertz CT molecular complexity index is 821. The standard InChI is InChI=1S/C18H20FN3O3/c1-13-12-25-8-7-22(13)18(24)20-16-5-6-17(23)21(11-16)10-14-3-2-4-15(19)9-14/h2-6,9,11,13H,7-8,10,12H2,1H3,(H,20,24). The van der Waals surface area contributed by atoms with Crippen LogP contribution in [0.3, 0.4) is 0 Å². The van der Waals surface area contributed by atoms with E-state index in [0.717, 1.165) is 0 Å². The van der Waals surface area contributed by atoms with Crippen molar-refractivity contribution >= 4 is 11.7 Å². The average Bonchev–Trinajstić information content (AvgIpc) is 2.58. The summed E-state index contributed by atoms with van der Waals surface area (Å²) in [5.74, 6) is -0.351. The number of ether oxygens (including phenoxy) is 1. The first kappa shape index (κ1) is 17.2. The fraction of sp³-hybridized carbons (Fsp3) is 0.333. The third kappa shape index (κ3) is 4.24. The summed E-state index contributed by atoms with van der Waals surface area (Å²) in [6.45, 7) is 3.69. The molecule has 6 nitrogen and oxygen atoms in total. The van der Waals surface area contributed by atoms with Crippen LogP contribution < -0.4 is 10.9 Å². The first-order valence-electron chi connectivity index (χ1n) is 8.13. The molecule has 1 atom stereocenters. The molecule has 1 aliphatic rings. The van der Waals surface area contributed by atoms with Gasteiger partial charge < -0.3 is 19.5 Å². The van der Waals surface area contributed by atoms with Gasteiger partial charge in [-0.3, -0.25) is 4.79 Å². The predicted molar refractivity (Wildman–Crippen MR) is 92.2 cm³/mol. The van der Waals surface area contributed by atoms with Crippen molar-refractivity contribution < 1.29 is 13.9 Å². The van der Waals surface area contributed by atoms with Crippen molar-refractivity contribution in [3.05, 3.63) is 64.3 Å². The number of nitrogens with one attached hydrogen (secondary N) is 1. The lowest BCUT2D eigenvalue weighted by atomic mass is 10.2. The van der Waals surface area contributed by atoms with E-state index in [-0.39, 0.29) is 30.0 Å². The second kappa shape index (κ2) is 7.48. The van der Waals surface area contributed by atoms with Gasteiger partial charge in [0.25, 0.3) is 5.56 Å². The number of nitrogens with zero attached hydrogens (tertiary/aromatic N) is 2. The van der Waals surface area contributed by atoms with Crippen LogP contribution in [0.4, 0.5) is 14.9 Å². The lowest BCUT2D eigenvalue weighted by molar-refractivity contribution is 0.0221. The second-order valence-electron chi connectivity index (χ2n) is 6.06. The van der Waals surface area contributed by atoms with Crippen molar-refractivity contribution in [3.8, 4) is 0 Å². The van der Waals surface area contributed by atoms with Gasteiger partial charge in [0, 0.05) is 18.8 Å².